The van der Waals surface area contributed by atoms with E-state index in [-0.39, 0.29) is 0 Å². The molecule has 0 atom stereocenters. The van der Waals surface area contributed by atoms with Crippen LogP contribution in [0.3, 0.4) is 0 Å². The number of guanidine groups is 1. The first kappa shape index (κ1) is 21.4. The Morgan fingerprint density at radius 3 is 2.74 bits per heavy atom. The molecule has 1 saturated carbocycles. The molecular formula is C20H35N5O2. The lowest BCUT2D eigenvalue weighted by Crippen LogP contribution is -2.40. The maximum atomic E-state index is 5.91. The Balaban J connectivity index is 1.64. The predicted molar refractivity (Wildman–Crippen MR) is 109 cm³/mol. The summed E-state index contributed by atoms with van der Waals surface area (Å²) in [6.45, 7) is 4.32. The van der Waals surface area contributed by atoms with Crippen LogP contribution in [0.2, 0.25) is 0 Å². The molecule has 0 aromatic carbocycles. The summed E-state index contributed by atoms with van der Waals surface area (Å²) in [5.41, 5.74) is 1.11. The zero-order chi connectivity index (χ0) is 19.3. The summed E-state index contributed by atoms with van der Waals surface area (Å²) in [6, 6.07) is 4.02. The Morgan fingerprint density at radius 2 is 2.07 bits per heavy atom. The van der Waals surface area contributed by atoms with Crippen molar-refractivity contribution in [1.29, 1.82) is 0 Å². The van der Waals surface area contributed by atoms with Crippen molar-refractivity contribution in [3.63, 3.8) is 0 Å². The maximum Gasteiger partial charge on any atom is 0.213 e. The van der Waals surface area contributed by atoms with Crippen molar-refractivity contribution in [3.8, 4) is 5.88 Å². The Hall–Kier alpha value is -1.86. The SMILES string of the molecule is CN=C(NCCN(C)CCCOC)NCc1ccc(OC2CCCC2)nc1. The minimum Gasteiger partial charge on any atom is -0.474 e. The van der Waals surface area contributed by atoms with E-state index in [1.54, 1.807) is 14.2 Å². The molecule has 152 valence electrons. The highest BCUT2D eigenvalue weighted by atomic mass is 16.5. The molecule has 1 aromatic rings. The van der Waals surface area contributed by atoms with Crippen LogP contribution in [0.25, 0.3) is 0 Å². The minimum absolute atomic E-state index is 0.345. The van der Waals surface area contributed by atoms with Crippen molar-refractivity contribution in [2.45, 2.75) is 44.8 Å². The van der Waals surface area contributed by atoms with E-state index in [9.17, 15) is 0 Å². The van der Waals surface area contributed by atoms with E-state index in [1.807, 2.05) is 12.3 Å². The van der Waals surface area contributed by atoms with Crippen LogP contribution in [-0.4, -0.2) is 69.4 Å². The van der Waals surface area contributed by atoms with Gasteiger partial charge in [-0.25, -0.2) is 4.98 Å². The minimum atomic E-state index is 0.345. The second-order valence-corrected chi connectivity index (χ2v) is 7.03. The monoisotopic (exact) mass is 377 g/mol. The molecule has 1 fully saturated rings. The molecule has 7 heteroatoms. The topological polar surface area (TPSA) is 71.0 Å². The third-order valence-electron chi connectivity index (χ3n) is 4.75. The fourth-order valence-electron chi connectivity index (χ4n) is 3.12. The molecule has 2 rings (SSSR count). The fraction of sp³-hybridized carbons (Fsp3) is 0.700. The van der Waals surface area contributed by atoms with Gasteiger partial charge in [-0.3, -0.25) is 4.99 Å². The molecule has 0 bridgehead atoms. The molecule has 0 spiro atoms. The maximum absolute atomic E-state index is 5.91. The van der Waals surface area contributed by atoms with Crippen LogP contribution < -0.4 is 15.4 Å². The number of hydrogen-bond acceptors (Lipinski definition) is 5. The number of pyridine rings is 1. The first-order valence-electron chi connectivity index (χ1n) is 9.95. The number of likely N-dealkylation sites (N-methyl/N-ethyl adjacent to an activating group) is 1. The van der Waals surface area contributed by atoms with Gasteiger partial charge in [0.05, 0.1) is 0 Å². The smallest absolute Gasteiger partial charge is 0.213 e. The molecule has 0 unspecified atom stereocenters. The highest BCUT2D eigenvalue weighted by Gasteiger charge is 2.16. The van der Waals surface area contributed by atoms with E-state index >= 15 is 0 Å². The van der Waals surface area contributed by atoms with Crippen LogP contribution in [0.15, 0.2) is 23.3 Å². The number of rotatable bonds is 11. The van der Waals surface area contributed by atoms with Crippen molar-refractivity contribution >= 4 is 5.96 Å². The van der Waals surface area contributed by atoms with Gasteiger partial charge in [0.25, 0.3) is 0 Å². The quantitative estimate of drug-likeness (QED) is 0.349. The molecular weight excluding hydrogens is 342 g/mol. The predicted octanol–water partition coefficient (Wildman–Crippen LogP) is 2.04. The average Bonchev–Trinajstić information content (AvgIpc) is 3.19. The van der Waals surface area contributed by atoms with Gasteiger partial charge in [0, 0.05) is 59.2 Å². The molecule has 1 heterocycles. The lowest BCUT2D eigenvalue weighted by Gasteiger charge is -2.18. The van der Waals surface area contributed by atoms with Gasteiger partial charge < -0.3 is 25.0 Å². The number of nitrogens with one attached hydrogen (secondary N) is 2. The molecule has 2 N–H and O–H groups in total. The lowest BCUT2D eigenvalue weighted by molar-refractivity contribution is 0.180. The summed E-state index contributed by atoms with van der Waals surface area (Å²) in [5.74, 6) is 1.52. The van der Waals surface area contributed by atoms with Gasteiger partial charge in [-0.05, 0) is 44.7 Å². The second kappa shape index (κ2) is 12.5. The van der Waals surface area contributed by atoms with Crippen LogP contribution in [0, 0.1) is 0 Å². The van der Waals surface area contributed by atoms with Gasteiger partial charge in [0.1, 0.15) is 6.10 Å². The summed E-state index contributed by atoms with van der Waals surface area (Å²) in [5, 5.41) is 6.67. The van der Waals surface area contributed by atoms with Gasteiger partial charge in [-0.15, -0.1) is 0 Å². The third kappa shape index (κ3) is 8.58. The summed E-state index contributed by atoms with van der Waals surface area (Å²) in [4.78, 5) is 11.0. The number of nitrogens with zero attached hydrogens (tertiary/aromatic N) is 3. The van der Waals surface area contributed by atoms with Crippen LogP contribution in [0.1, 0.15) is 37.7 Å². The Labute approximate surface area is 163 Å². The third-order valence-corrected chi connectivity index (χ3v) is 4.75. The molecule has 0 aliphatic heterocycles. The average molecular weight is 378 g/mol. The zero-order valence-corrected chi connectivity index (χ0v) is 17.0. The van der Waals surface area contributed by atoms with Gasteiger partial charge in [-0.2, -0.15) is 0 Å². The van der Waals surface area contributed by atoms with Crippen molar-refractivity contribution in [2.24, 2.45) is 4.99 Å². The molecule has 1 aliphatic rings. The van der Waals surface area contributed by atoms with Crippen LogP contribution in [-0.2, 0) is 11.3 Å². The molecule has 1 aliphatic carbocycles. The molecule has 0 saturated heterocycles. The van der Waals surface area contributed by atoms with Crippen molar-refractivity contribution in [2.75, 3.05) is 47.4 Å². The summed E-state index contributed by atoms with van der Waals surface area (Å²) >= 11 is 0. The van der Waals surface area contributed by atoms with E-state index in [1.165, 1.54) is 12.8 Å². The Bertz CT molecular complexity index is 544. The largest absolute Gasteiger partial charge is 0.474 e. The zero-order valence-electron chi connectivity index (χ0n) is 17.0. The summed E-state index contributed by atoms with van der Waals surface area (Å²) in [7, 11) is 5.64. The standard InChI is InChI=1S/C20H35N5O2/c1-21-20(22-11-13-25(2)12-6-14-26-3)24-16-17-9-10-19(23-15-17)27-18-7-4-5-8-18/h9-10,15,18H,4-8,11-14,16H2,1-3H3,(H2,21,22,24). The fourth-order valence-corrected chi connectivity index (χ4v) is 3.12. The van der Waals surface area contributed by atoms with Gasteiger partial charge in [0.2, 0.25) is 5.88 Å². The summed E-state index contributed by atoms with van der Waals surface area (Å²) in [6.07, 6.45) is 8.09. The first-order valence-corrected chi connectivity index (χ1v) is 9.95. The van der Waals surface area contributed by atoms with Crippen molar-refractivity contribution in [1.82, 2.24) is 20.5 Å². The van der Waals surface area contributed by atoms with E-state index in [4.69, 9.17) is 9.47 Å². The lowest BCUT2D eigenvalue weighted by atomic mass is 10.3. The van der Waals surface area contributed by atoms with E-state index in [0.29, 0.717) is 12.6 Å². The van der Waals surface area contributed by atoms with E-state index < -0.39 is 0 Å². The van der Waals surface area contributed by atoms with Gasteiger partial charge in [-0.1, -0.05) is 6.07 Å². The molecule has 1 aromatic heterocycles. The second-order valence-electron chi connectivity index (χ2n) is 7.03. The van der Waals surface area contributed by atoms with Crippen LogP contribution in [0.5, 0.6) is 5.88 Å². The van der Waals surface area contributed by atoms with Crippen LogP contribution >= 0.6 is 0 Å². The highest BCUT2D eigenvalue weighted by molar-refractivity contribution is 5.79. The molecule has 0 radical (unpaired) electrons. The Morgan fingerprint density at radius 1 is 1.26 bits per heavy atom. The number of ether oxygens (including phenoxy) is 2. The first-order chi connectivity index (χ1) is 13.2. The van der Waals surface area contributed by atoms with Crippen molar-refractivity contribution in [3.05, 3.63) is 23.9 Å². The number of aromatic nitrogens is 1. The van der Waals surface area contributed by atoms with E-state index in [0.717, 1.165) is 62.9 Å². The summed E-state index contributed by atoms with van der Waals surface area (Å²) < 4.78 is 11.0. The molecule has 0 amide bonds. The Kier molecular flexibility index (Phi) is 9.94. The van der Waals surface area contributed by atoms with E-state index in [2.05, 4.69) is 38.6 Å². The highest BCUT2D eigenvalue weighted by Crippen LogP contribution is 2.22. The molecule has 27 heavy (non-hydrogen) atoms. The van der Waals surface area contributed by atoms with Gasteiger partial charge >= 0.3 is 0 Å². The number of methoxy groups -OCH3 is 1. The van der Waals surface area contributed by atoms with Gasteiger partial charge in [0.15, 0.2) is 5.96 Å². The number of aliphatic imine (C=N–C) groups is 1. The number of hydrogen-bond donors (Lipinski definition) is 2. The van der Waals surface area contributed by atoms with Crippen molar-refractivity contribution < 1.29 is 9.47 Å². The normalized spacial score (nSPS) is 15.3. The van der Waals surface area contributed by atoms with Crippen LogP contribution in [0.4, 0.5) is 0 Å². The molecule has 7 nitrogen and oxygen atoms in total.